The van der Waals surface area contributed by atoms with E-state index in [1.165, 1.54) is 7.11 Å². The van der Waals surface area contributed by atoms with Gasteiger partial charge in [0.25, 0.3) is 0 Å². The van der Waals surface area contributed by atoms with Gasteiger partial charge in [-0.2, -0.15) is 0 Å². The molecular formula is C47H81N5O11. The van der Waals surface area contributed by atoms with Crippen molar-refractivity contribution in [3.8, 4) is 0 Å². The number of likely N-dealkylation sites (N-methyl/N-ethyl adjacent to an activating group) is 2. The zero-order chi connectivity index (χ0) is 47.2. The molecule has 1 aliphatic heterocycles. The number of nitrogens with one attached hydrogen (secondary N) is 2. The van der Waals surface area contributed by atoms with E-state index in [4.69, 9.17) is 28.4 Å². The average Bonchev–Trinajstić information content (AvgIpc) is 3.73. The maximum absolute atomic E-state index is 14.4. The molecule has 360 valence electrons. The minimum atomic E-state index is -0.980. The lowest BCUT2D eigenvalue weighted by atomic mass is 9.89. The molecule has 0 radical (unpaired) electrons. The van der Waals surface area contributed by atoms with Gasteiger partial charge in [-0.1, -0.05) is 85.2 Å². The van der Waals surface area contributed by atoms with Crippen LogP contribution < -0.4 is 10.6 Å². The molecule has 2 N–H and O–H groups in total. The van der Waals surface area contributed by atoms with Crippen molar-refractivity contribution in [2.75, 3.05) is 88.7 Å². The highest BCUT2D eigenvalue weighted by atomic mass is 16.6. The predicted octanol–water partition coefficient (Wildman–Crippen LogP) is 3.58. The van der Waals surface area contributed by atoms with Gasteiger partial charge in [0.1, 0.15) is 18.7 Å². The maximum atomic E-state index is 14.4. The summed E-state index contributed by atoms with van der Waals surface area (Å²) in [6.45, 7) is 15.9. The van der Waals surface area contributed by atoms with Crippen molar-refractivity contribution in [1.29, 1.82) is 0 Å². The lowest BCUT2D eigenvalue weighted by Gasteiger charge is -2.41. The fraction of sp³-hybridized carbons (Fsp3) is 0.766. The molecule has 0 aliphatic carbocycles. The standard InChI is InChI=1S/C47H81N5O11/c1-14-33(6)42(51(10)46(56)40(31(2)3)49-45(55)41(32(4)5)50(8)9)38(59-12)30-39(53)52-22-18-21-37(52)43(60-13)34(7)44(54)48-36(29-35-19-16-15-17-20-35)47(57)63-28-27-62-26-25-61-24-23-58-11/h15-17,19-20,31-34,36-38,40-43H,14,18,21-30H2,1-13H3,(H,48,54)(H,49,55)/t33-,34+,36-,37-,38+,40?,41?,42?,43+/m0/s1. The number of amides is 4. The number of esters is 1. The van der Waals surface area contributed by atoms with Gasteiger partial charge < -0.3 is 48.9 Å². The number of methoxy groups -OCH3 is 3. The van der Waals surface area contributed by atoms with Crippen molar-refractivity contribution in [2.45, 2.75) is 123 Å². The summed E-state index contributed by atoms with van der Waals surface area (Å²) in [7, 11) is 10.1. The molecule has 3 unspecified atom stereocenters. The predicted molar refractivity (Wildman–Crippen MR) is 242 cm³/mol. The third-order valence-corrected chi connectivity index (χ3v) is 12.1. The van der Waals surface area contributed by atoms with Crippen LogP contribution in [0.15, 0.2) is 30.3 Å². The van der Waals surface area contributed by atoms with Crippen LogP contribution in [0.3, 0.4) is 0 Å². The van der Waals surface area contributed by atoms with Crippen molar-refractivity contribution in [3.63, 3.8) is 0 Å². The zero-order valence-corrected chi connectivity index (χ0v) is 40.6. The smallest absolute Gasteiger partial charge is 0.329 e. The lowest BCUT2D eigenvalue weighted by molar-refractivity contribution is -0.151. The van der Waals surface area contributed by atoms with Crippen LogP contribution in [0.2, 0.25) is 0 Å². The van der Waals surface area contributed by atoms with Gasteiger partial charge in [0, 0.05) is 41.3 Å². The molecule has 2 rings (SSSR count). The Morgan fingerprint density at radius 1 is 0.794 bits per heavy atom. The molecule has 0 spiro atoms. The summed E-state index contributed by atoms with van der Waals surface area (Å²) in [6, 6.07) is 6.27. The van der Waals surface area contributed by atoms with E-state index in [0.717, 1.165) is 5.56 Å². The molecule has 1 aliphatic rings. The van der Waals surface area contributed by atoms with Crippen LogP contribution in [0.5, 0.6) is 0 Å². The van der Waals surface area contributed by atoms with E-state index in [1.807, 2.05) is 90.9 Å². The zero-order valence-electron chi connectivity index (χ0n) is 40.6. The monoisotopic (exact) mass is 892 g/mol. The number of nitrogens with zero attached hydrogens (tertiary/aromatic N) is 3. The Balaban J connectivity index is 2.23. The summed E-state index contributed by atoms with van der Waals surface area (Å²) in [5.74, 6) is -2.61. The first kappa shape index (κ1) is 55.5. The largest absolute Gasteiger partial charge is 0.462 e. The quantitative estimate of drug-likeness (QED) is 0.0851. The molecule has 1 heterocycles. The molecular weight excluding hydrogens is 811 g/mol. The van der Waals surface area contributed by atoms with Crippen LogP contribution in [0.1, 0.15) is 79.7 Å². The second-order valence-electron chi connectivity index (χ2n) is 17.6. The summed E-state index contributed by atoms with van der Waals surface area (Å²) >= 11 is 0. The molecule has 1 aromatic rings. The van der Waals surface area contributed by atoms with E-state index in [9.17, 15) is 24.0 Å². The Kier molecular flexibility index (Phi) is 25.5. The summed E-state index contributed by atoms with van der Waals surface area (Å²) < 4.78 is 33.5. The molecule has 0 bridgehead atoms. The number of benzene rings is 1. The second kappa shape index (κ2) is 29.0. The topological polar surface area (TPSA) is 175 Å². The molecule has 1 saturated heterocycles. The Morgan fingerprint density at radius 3 is 1.95 bits per heavy atom. The first-order valence-corrected chi connectivity index (χ1v) is 22.7. The van der Waals surface area contributed by atoms with Gasteiger partial charge >= 0.3 is 5.97 Å². The van der Waals surface area contributed by atoms with Crippen LogP contribution in [0, 0.1) is 23.7 Å². The maximum Gasteiger partial charge on any atom is 0.329 e. The highest BCUT2D eigenvalue weighted by molar-refractivity contribution is 5.90. The van der Waals surface area contributed by atoms with Crippen LogP contribution in [-0.4, -0.2) is 175 Å². The van der Waals surface area contributed by atoms with E-state index >= 15 is 0 Å². The summed E-state index contributed by atoms with van der Waals surface area (Å²) in [4.78, 5) is 74.9. The third-order valence-electron chi connectivity index (χ3n) is 12.1. The van der Waals surface area contributed by atoms with E-state index in [-0.39, 0.29) is 61.5 Å². The summed E-state index contributed by atoms with van der Waals surface area (Å²) in [5.41, 5.74) is 0.844. The fourth-order valence-electron chi connectivity index (χ4n) is 8.52. The van der Waals surface area contributed by atoms with Crippen LogP contribution >= 0.6 is 0 Å². The molecule has 0 saturated carbocycles. The molecule has 16 nitrogen and oxygen atoms in total. The number of hydrogen-bond acceptors (Lipinski definition) is 12. The third kappa shape index (κ3) is 17.3. The Hall–Kier alpha value is -3.67. The van der Waals surface area contributed by atoms with Gasteiger partial charge in [-0.15, -0.1) is 0 Å². The number of likely N-dealkylation sites (tertiary alicyclic amines) is 1. The molecule has 9 atom stereocenters. The fourth-order valence-corrected chi connectivity index (χ4v) is 8.52. The van der Waals surface area contributed by atoms with Crippen molar-refractivity contribution < 1.29 is 52.4 Å². The minimum Gasteiger partial charge on any atom is -0.462 e. The van der Waals surface area contributed by atoms with Gasteiger partial charge in [-0.3, -0.25) is 24.1 Å². The summed E-state index contributed by atoms with van der Waals surface area (Å²) in [6.07, 6.45) is 0.881. The second-order valence-corrected chi connectivity index (χ2v) is 17.6. The summed E-state index contributed by atoms with van der Waals surface area (Å²) in [5, 5.41) is 5.95. The molecule has 1 aromatic carbocycles. The Bertz CT molecular complexity index is 1510. The number of carbonyl (C=O) groups is 5. The highest BCUT2D eigenvalue weighted by Crippen LogP contribution is 2.30. The first-order valence-electron chi connectivity index (χ1n) is 22.7. The SMILES string of the molecule is CC[C@H](C)C([C@@H](CC(=O)N1CCC[C@H]1[C@H](OC)[C@@H](C)C(=O)N[C@@H](Cc1ccccc1)C(=O)OCCOCCOCCOC)OC)N(C)C(=O)C(NC(=O)C(C(C)C)N(C)C)C(C)C. The first-order chi connectivity index (χ1) is 29.9. The van der Waals surface area contributed by atoms with Gasteiger partial charge in [-0.25, -0.2) is 4.79 Å². The normalized spacial score (nSPS) is 18.0. The van der Waals surface area contributed by atoms with Gasteiger partial charge in [0.05, 0.1) is 75.7 Å². The van der Waals surface area contributed by atoms with E-state index in [2.05, 4.69) is 10.6 Å². The van der Waals surface area contributed by atoms with Crippen molar-refractivity contribution >= 4 is 29.6 Å². The van der Waals surface area contributed by atoms with Gasteiger partial charge in [0.15, 0.2) is 0 Å². The number of hydrogen-bond donors (Lipinski definition) is 2. The molecule has 16 heteroatoms. The van der Waals surface area contributed by atoms with Crippen molar-refractivity contribution in [1.82, 2.24) is 25.3 Å². The minimum absolute atomic E-state index is 0.00212. The molecule has 63 heavy (non-hydrogen) atoms. The molecule has 1 fully saturated rings. The van der Waals surface area contributed by atoms with Gasteiger partial charge in [-0.05, 0) is 50.3 Å². The molecule has 4 amide bonds. The molecule has 0 aromatic heterocycles. The lowest BCUT2D eigenvalue weighted by Crippen LogP contribution is -2.59. The Morgan fingerprint density at radius 2 is 1.41 bits per heavy atom. The van der Waals surface area contributed by atoms with Crippen LogP contribution in [-0.2, 0) is 58.8 Å². The number of carbonyl (C=O) groups excluding carboxylic acids is 5. The number of rotatable bonds is 30. The average molecular weight is 892 g/mol. The van der Waals surface area contributed by atoms with Gasteiger partial charge in [0.2, 0.25) is 23.6 Å². The highest BCUT2D eigenvalue weighted by Gasteiger charge is 2.43. The van der Waals surface area contributed by atoms with E-state index in [0.29, 0.717) is 52.2 Å². The van der Waals surface area contributed by atoms with E-state index < -0.39 is 60.2 Å². The van der Waals surface area contributed by atoms with Crippen molar-refractivity contribution in [3.05, 3.63) is 35.9 Å². The van der Waals surface area contributed by atoms with Crippen LogP contribution in [0.25, 0.3) is 0 Å². The number of ether oxygens (including phenoxy) is 6. The Labute approximate surface area is 377 Å². The van der Waals surface area contributed by atoms with Crippen molar-refractivity contribution in [2.24, 2.45) is 23.7 Å². The van der Waals surface area contributed by atoms with Crippen LogP contribution in [0.4, 0.5) is 0 Å². The van der Waals surface area contributed by atoms with E-state index in [1.54, 1.807) is 38.0 Å².